The summed E-state index contributed by atoms with van der Waals surface area (Å²) < 4.78 is 1.91. The van der Waals surface area contributed by atoms with Crippen LogP contribution in [0.1, 0.15) is 5.56 Å². The number of hydrogen-bond acceptors (Lipinski definition) is 3. The number of imidazole rings is 1. The highest BCUT2D eigenvalue weighted by molar-refractivity contribution is 6.33. The lowest BCUT2D eigenvalue weighted by molar-refractivity contribution is 0.813. The molecule has 0 saturated heterocycles. The fourth-order valence-corrected chi connectivity index (χ4v) is 2.19. The van der Waals surface area contributed by atoms with Gasteiger partial charge in [-0.15, -0.1) is 0 Å². The Bertz CT molecular complexity index is 708. The molecule has 0 bridgehead atoms. The Balaban J connectivity index is 2.03. The SMILES string of the molecule is Clc1cccc(Cn2cnc3c(Cl)ncnc32)c1. The number of aromatic nitrogens is 4. The van der Waals surface area contributed by atoms with Gasteiger partial charge in [-0.3, -0.25) is 0 Å². The van der Waals surface area contributed by atoms with E-state index in [1.54, 1.807) is 6.33 Å². The van der Waals surface area contributed by atoms with E-state index < -0.39 is 0 Å². The summed E-state index contributed by atoms with van der Waals surface area (Å²) in [5, 5.41) is 1.08. The van der Waals surface area contributed by atoms with Crippen molar-refractivity contribution >= 4 is 34.4 Å². The minimum absolute atomic E-state index is 0.366. The van der Waals surface area contributed by atoms with Crippen LogP contribution >= 0.6 is 23.2 Å². The van der Waals surface area contributed by atoms with E-state index >= 15 is 0 Å². The molecule has 0 unspecified atom stereocenters. The fraction of sp³-hybridized carbons (Fsp3) is 0.0833. The van der Waals surface area contributed by atoms with E-state index in [-0.39, 0.29) is 0 Å². The largest absolute Gasteiger partial charge is 0.311 e. The Morgan fingerprint density at radius 3 is 2.83 bits per heavy atom. The van der Waals surface area contributed by atoms with Gasteiger partial charge >= 0.3 is 0 Å². The first-order chi connectivity index (χ1) is 8.74. The molecule has 0 aliphatic heterocycles. The molecule has 90 valence electrons. The summed E-state index contributed by atoms with van der Waals surface area (Å²) >= 11 is 11.9. The maximum atomic E-state index is 5.96. The molecular weight excluding hydrogens is 271 g/mol. The summed E-state index contributed by atoms with van der Waals surface area (Å²) in [5.41, 5.74) is 2.41. The zero-order chi connectivity index (χ0) is 12.5. The number of rotatable bonds is 2. The van der Waals surface area contributed by atoms with Crippen molar-refractivity contribution in [2.24, 2.45) is 0 Å². The van der Waals surface area contributed by atoms with E-state index in [4.69, 9.17) is 23.2 Å². The smallest absolute Gasteiger partial charge is 0.165 e. The first-order valence-corrected chi connectivity index (χ1v) is 6.05. The monoisotopic (exact) mass is 278 g/mol. The molecule has 0 N–H and O–H groups in total. The first-order valence-electron chi connectivity index (χ1n) is 5.30. The third-order valence-electron chi connectivity index (χ3n) is 2.60. The van der Waals surface area contributed by atoms with Crippen molar-refractivity contribution in [1.29, 1.82) is 0 Å². The van der Waals surface area contributed by atoms with Gasteiger partial charge in [0.2, 0.25) is 0 Å². The summed E-state index contributed by atoms with van der Waals surface area (Å²) in [7, 11) is 0. The highest BCUT2D eigenvalue weighted by Gasteiger charge is 2.08. The third-order valence-corrected chi connectivity index (χ3v) is 3.11. The molecule has 6 heteroatoms. The van der Waals surface area contributed by atoms with Crippen LogP contribution in [-0.2, 0) is 6.54 Å². The number of hydrogen-bond donors (Lipinski definition) is 0. The first kappa shape index (κ1) is 11.4. The second kappa shape index (κ2) is 4.55. The van der Waals surface area contributed by atoms with Crippen LogP contribution in [0.25, 0.3) is 11.2 Å². The molecule has 3 rings (SSSR count). The fourth-order valence-electron chi connectivity index (χ4n) is 1.80. The molecule has 1 aromatic carbocycles. The summed E-state index contributed by atoms with van der Waals surface area (Å²) in [6, 6.07) is 7.67. The molecule has 3 aromatic rings. The minimum atomic E-state index is 0.366. The van der Waals surface area contributed by atoms with Crippen molar-refractivity contribution in [2.45, 2.75) is 6.54 Å². The highest BCUT2D eigenvalue weighted by atomic mass is 35.5. The molecule has 4 nitrogen and oxygen atoms in total. The van der Waals surface area contributed by atoms with Crippen LogP contribution in [0, 0.1) is 0 Å². The van der Waals surface area contributed by atoms with Crippen LogP contribution in [-0.4, -0.2) is 19.5 Å². The molecule has 0 aliphatic carbocycles. The Morgan fingerprint density at radius 1 is 1.11 bits per heavy atom. The van der Waals surface area contributed by atoms with E-state index in [1.807, 2.05) is 28.8 Å². The molecule has 0 spiro atoms. The van der Waals surface area contributed by atoms with E-state index in [0.717, 1.165) is 11.2 Å². The van der Waals surface area contributed by atoms with Crippen molar-refractivity contribution in [2.75, 3.05) is 0 Å². The van der Waals surface area contributed by atoms with Crippen LogP contribution in [0.2, 0.25) is 10.2 Å². The Labute approximate surface area is 113 Å². The Hall–Kier alpha value is -1.65. The quantitative estimate of drug-likeness (QED) is 0.677. The Morgan fingerprint density at radius 2 is 2.00 bits per heavy atom. The molecule has 0 radical (unpaired) electrons. The van der Waals surface area contributed by atoms with E-state index in [0.29, 0.717) is 22.2 Å². The van der Waals surface area contributed by atoms with Crippen LogP contribution in [0.15, 0.2) is 36.9 Å². The summed E-state index contributed by atoms with van der Waals surface area (Å²) in [6.07, 6.45) is 3.13. The molecule has 0 fully saturated rings. The number of nitrogens with zero attached hydrogens (tertiary/aromatic N) is 4. The van der Waals surface area contributed by atoms with Gasteiger partial charge < -0.3 is 4.57 Å². The van der Waals surface area contributed by atoms with Crippen LogP contribution in [0.4, 0.5) is 0 Å². The molecule has 2 aromatic heterocycles. The zero-order valence-corrected chi connectivity index (χ0v) is 10.7. The van der Waals surface area contributed by atoms with Gasteiger partial charge in [0.05, 0.1) is 12.9 Å². The molecule has 18 heavy (non-hydrogen) atoms. The second-order valence-corrected chi connectivity index (χ2v) is 4.63. The van der Waals surface area contributed by atoms with Crippen molar-refractivity contribution in [3.8, 4) is 0 Å². The maximum Gasteiger partial charge on any atom is 0.165 e. The highest BCUT2D eigenvalue weighted by Crippen LogP contribution is 2.19. The van der Waals surface area contributed by atoms with E-state index in [9.17, 15) is 0 Å². The van der Waals surface area contributed by atoms with Gasteiger partial charge in [0.1, 0.15) is 11.8 Å². The van der Waals surface area contributed by atoms with Gasteiger partial charge in [-0.2, -0.15) is 0 Å². The van der Waals surface area contributed by atoms with Gasteiger partial charge in [0.25, 0.3) is 0 Å². The molecule has 0 saturated carbocycles. The topological polar surface area (TPSA) is 43.6 Å². The molecule has 0 atom stereocenters. The normalized spacial score (nSPS) is 11.0. The van der Waals surface area contributed by atoms with Gasteiger partial charge in [-0.05, 0) is 17.7 Å². The zero-order valence-electron chi connectivity index (χ0n) is 9.22. The van der Waals surface area contributed by atoms with Crippen molar-refractivity contribution in [1.82, 2.24) is 19.5 Å². The lowest BCUT2D eigenvalue weighted by Crippen LogP contribution is -1.99. The average Bonchev–Trinajstić information content (AvgIpc) is 2.74. The second-order valence-electron chi connectivity index (χ2n) is 3.84. The average molecular weight is 279 g/mol. The molecule has 2 heterocycles. The summed E-state index contributed by atoms with van der Waals surface area (Å²) in [5.74, 6) is 0. The number of halogens is 2. The van der Waals surface area contributed by atoms with Crippen LogP contribution in [0.5, 0.6) is 0 Å². The van der Waals surface area contributed by atoms with E-state index in [1.165, 1.54) is 6.33 Å². The lowest BCUT2D eigenvalue weighted by Gasteiger charge is -2.04. The summed E-state index contributed by atoms with van der Waals surface area (Å²) in [4.78, 5) is 12.3. The van der Waals surface area contributed by atoms with Gasteiger partial charge in [-0.25, -0.2) is 15.0 Å². The molecule has 0 amide bonds. The Kier molecular flexibility index (Phi) is 2.89. The summed E-state index contributed by atoms with van der Waals surface area (Å²) in [6.45, 7) is 0.643. The van der Waals surface area contributed by atoms with Gasteiger partial charge in [-0.1, -0.05) is 35.3 Å². The molecular formula is C12H8Cl2N4. The third kappa shape index (κ3) is 2.05. The standard InChI is InChI=1S/C12H8Cl2N4/c13-9-3-1-2-8(4-9)5-18-7-17-10-11(14)15-6-16-12(10)18/h1-4,6-7H,5H2. The maximum absolute atomic E-state index is 5.96. The van der Waals surface area contributed by atoms with Crippen LogP contribution in [0.3, 0.4) is 0 Å². The van der Waals surface area contributed by atoms with E-state index in [2.05, 4.69) is 15.0 Å². The van der Waals surface area contributed by atoms with Crippen LogP contribution < -0.4 is 0 Å². The predicted molar refractivity (Wildman–Crippen MR) is 70.9 cm³/mol. The number of fused-ring (bicyclic) bond motifs is 1. The van der Waals surface area contributed by atoms with Crippen molar-refractivity contribution < 1.29 is 0 Å². The molecule has 0 aliphatic rings. The predicted octanol–water partition coefficient (Wildman–Crippen LogP) is 3.18. The van der Waals surface area contributed by atoms with Gasteiger partial charge in [0, 0.05) is 5.02 Å². The minimum Gasteiger partial charge on any atom is -0.311 e. The van der Waals surface area contributed by atoms with Crippen molar-refractivity contribution in [3.63, 3.8) is 0 Å². The van der Waals surface area contributed by atoms with Gasteiger partial charge in [0.15, 0.2) is 10.8 Å². The lowest BCUT2D eigenvalue weighted by atomic mass is 10.2. The van der Waals surface area contributed by atoms with Crippen molar-refractivity contribution in [3.05, 3.63) is 52.7 Å². The number of benzene rings is 1.